The van der Waals surface area contributed by atoms with E-state index in [2.05, 4.69) is 11.2 Å². The molecular formula is C16H18FNO2. The average molecular weight is 275 g/mol. The molecule has 1 aromatic carbocycles. The molecule has 106 valence electrons. The fourth-order valence-electron chi connectivity index (χ4n) is 2.01. The number of carbonyl (C=O) groups excluding carboxylic acids is 1. The molecule has 1 saturated carbocycles. The number of halogens is 1. The lowest BCUT2D eigenvalue weighted by Gasteiger charge is -2.20. The Balaban J connectivity index is 2.17. The fourth-order valence-corrected chi connectivity index (χ4v) is 2.01. The second-order valence-corrected chi connectivity index (χ2v) is 6.05. The lowest BCUT2D eigenvalue weighted by Crippen LogP contribution is -2.27. The van der Waals surface area contributed by atoms with Crippen molar-refractivity contribution in [3.8, 4) is 12.3 Å². The number of ether oxygens (including phenoxy) is 1. The Hall–Kier alpha value is -2.02. The third-order valence-corrected chi connectivity index (χ3v) is 3.15. The van der Waals surface area contributed by atoms with Crippen LogP contribution in [0.15, 0.2) is 18.2 Å². The minimum atomic E-state index is -0.580. The molecule has 1 aliphatic carbocycles. The highest BCUT2D eigenvalue weighted by molar-refractivity contribution is 5.85. The van der Waals surface area contributed by atoms with Crippen molar-refractivity contribution in [1.29, 1.82) is 0 Å². The normalized spacial score (nSPS) is 16.1. The van der Waals surface area contributed by atoms with Gasteiger partial charge < -0.3 is 4.74 Å². The molecule has 0 spiro atoms. The Labute approximate surface area is 118 Å². The fraction of sp³-hybridized carbons (Fsp3) is 0.438. The molecule has 0 saturated heterocycles. The van der Waals surface area contributed by atoms with Crippen molar-refractivity contribution in [1.82, 2.24) is 0 Å². The zero-order valence-electron chi connectivity index (χ0n) is 11.9. The second kappa shape index (κ2) is 4.82. The van der Waals surface area contributed by atoms with E-state index in [0.717, 1.165) is 12.8 Å². The quantitative estimate of drug-likeness (QED) is 0.833. The van der Waals surface area contributed by atoms with Crippen LogP contribution in [0.4, 0.5) is 14.9 Å². The number of anilines is 1. The third-order valence-electron chi connectivity index (χ3n) is 3.15. The summed E-state index contributed by atoms with van der Waals surface area (Å²) in [6, 6.07) is 4.40. The van der Waals surface area contributed by atoms with Gasteiger partial charge in [-0.2, -0.15) is 0 Å². The van der Waals surface area contributed by atoms with E-state index in [1.165, 1.54) is 12.1 Å². The monoisotopic (exact) mass is 275 g/mol. The molecule has 0 heterocycles. The lowest BCUT2D eigenvalue weighted by molar-refractivity contribution is 0.0636. The van der Waals surface area contributed by atoms with Gasteiger partial charge in [0.1, 0.15) is 11.4 Å². The lowest BCUT2D eigenvalue weighted by atomic mass is 9.96. The van der Waals surface area contributed by atoms with Gasteiger partial charge in [0.05, 0.1) is 5.41 Å². The number of hydrogen-bond donors (Lipinski definition) is 1. The zero-order valence-corrected chi connectivity index (χ0v) is 11.9. The van der Waals surface area contributed by atoms with Gasteiger partial charge in [-0.25, -0.2) is 9.18 Å². The molecule has 1 N–H and O–H groups in total. The van der Waals surface area contributed by atoms with Crippen LogP contribution in [0.3, 0.4) is 0 Å². The molecule has 1 aromatic rings. The van der Waals surface area contributed by atoms with E-state index in [1.807, 2.05) is 0 Å². The molecule has 4 heteroatoms. The smallest absolute Gasteiger partial charge is 0.412 e. The van der Waals surface area contributed by atoms with Crippen LogP contribution < -0.4 is 5.32 Å². The van der Waals surface area contributed by atoms with Gasteiger partial charge in [-0.1, -0.05) is 5.92 Å². The largest absolute Gasteiger partial charge is 0.444 e. The van der Waals surface area contributed by atoms with E-state index in [9.17, 15) is 9.18 Å². The Bertz CT molecular complexity index is 577. The first-order valence-corrected chi connectivity index (χ1v) is 6.54. The van der Waals surface area contributed by atoms with Gasteiger partial charge >= 0.3 is 6.09 Å². The van der Waals surface area contributed by atoms with Crippen molar-refractivity contribution in [2.45, 2.75) is 44.6 Å². The SMILES string of the molecule is C#CC1(c2cc(NC(=O)OC(C)(C)C)ccc2F)CC1. The van der Waals surface area contributed by atoms with Crippen molar-refractivity contribution in [3.05, 3.63) is 29.6 Å². The van der Waals surface area contributed by atoms with E-state index < -0.39 is 17.1 Å². The Morgan fingerprint density at radius 2 is 2.10 bits per heavy atom. The van der Waals surface area contributed by atoms with Gasteiger partial charge in [-0.15, -0.1) is 6.42 Å². The molecule has 0 bridgehead atoms. The van der Waals surface area contributed by atoms with Crippen LogP contribution in [0.1, 0.15) is 39.2 Å². The van der Waals surface area contributed by atoms with Crippen LogP contribution in [-0.4, -0.2) is 11.7 Å². The molecule has 3 nitrogen and oxygen atoms in total. The number of benzene rings is 1. The van der Waals surface area contributed by atoms with Gasteiger partial charge in [0.15, 0.2) is 0 Å². The zero-order chi connectivity index (χ0) is 15.0. The van der Waals surface area contributed by atoms with Crippen LogP contribution in [0, 0.1) is 18.2 Å². The minimum Gasteiger partial charge on any atom is -0.444 e. The maximum absolute atomic E-state index is 13.9. The molecule has 0 unspecified atom stereocenters. The number of amides is 1. The van der Waals surface area contributed by atoms with Crippen molar-refractivity contribution in [2.24, 2.45) is 0 Å². The van der Waals surface area contributed by atoms with Crippen molar-refractivity contribution >= 4 is 11.8 Å². The number of terminal acetylenes is 1. The Morgan fingerprint density at radius 1 is 1.45 bits per heavy atom. The second-order valence-electron chi connectivity index (χ2n) is 6.05. The summed E-state index contributed by atoms with van der Waals surface area (Å²) in [6.45, 7) is 5.33. The maximum atomic E-state index is 13.9. The number of carbonyl (C=O) groups is 1. The molecule has 0 atom stereocenters. The summed E-state index contributed by atoms with van der Waals surface area (Å²) in [5, 5.41) is 2.59. The summed E-state index contributed by atoms with van der Waals surface area (Å²) in [4.78, 5) is 11.7. The van der Waals surface area contributed by atoms with E-state index in [0.29, 0.717) is 11.3 Å². The van der Waals surface area contributed by atoms with Gasteiger partial charge in [-0.3, -0.25) is 5.32 Å². The summed E-state index contributed by atoms with van der Waals surface area (Å²) >= 11 is 0. The van der Waals surface area contributed by atoms with Crippen molar-refractivity contribution in [2.75, 3.05) is 5.32 Å². The van der Waals surface area contributed by atoms with Gasteiger partial charge in [0, 0.05) is 11.3 Å². The molecule has 0 radical (unpaired) electrons. The predicted molar refractivity (Wildman–Crippen MR) is 76.0 cm³/mol. The average Bonchev–Trinajstić information content (AvgIpc) is 3.10. The topological polar surface area (TPSA) is 38.3 Å². The first-order valence-electron chi connectivity index (χ1n) is 6.54. The van der Waals surface area contributed by atoms with Crippen LogP contribution in [0.25, 0.3) is 0 Å². The first-order chi connectivity index (χ1) is 9.26. The summed E-state index contributed by atoms with van der Waals surface area (Å²) in [6.07, 6.45) is 6.45. The number of nitrogens with one attached hydrogen (secondary N) is 1. The maximum Gasteiger partial charge on any atom is 0.412 e. The minimum absolute atomic E-state index is 0.338. The predicted octanol–water partition coefficient (Wildman–Crippen LogP) is 3.84. The standard InChI is InChI=1S/C16H18FNO2/c1-5-16(8-9-16)12-10-11(6-7-13(12)17)18-14(19)20-15(2,3)4/h1,6-7,10H,8-9H2,2-4H3,(H,18,19). The number of rotatable bonds is 2. The highest BCUT2D eigenvalue weighted by Crippen LogP contribution is 2.48. The van der Waals surface area contributed by atoms with Crippen LogP contribution in [0.2, 0.25) is 0 Å². The summed E-state index contributed by atoms with van der Waals surface area (Å²) in [5.41, 5.74) is -0.134. The Morgan fingerprint density at radius 3 is 2.60 bits per heavy atom. The molecule has 0 aliphatic heterocycles. The van der Waals surface area contributed by atoms with Crippen LogP contribution in [0.5, 0.6) is 0 Å². The summed E-state index contributed by atoms with van der Waals surface area (Å²) in [7, 11) is 0. The van der Waals surface area contributed by atoms with Crippen molar-refractivity contribution < 1.29 is 13.9 Å². The molecule has 1 fully saturated rings. The molecule has 1 aliphatic rings. The molecule has 1 amide bonds. The highest BCUT2D eigenvalue weighted by atomic mass is 19.1. The van der Waals surface area contributed by atoms with Gasteiger partial charge in [0.2, 0.25) is 0 Å². The molecule has 0 aromatic heterocycles. The first kappa shape index (κ1) is 14.4. The van der Waals surface area contributed by atoms with Crippen molar-refractivity contribution in [3.63, 3.8) is 0 Å². The van der Waals surface area contributed by atoms with E-state index >= 15 is 0 Å². The summed E-state index contributed by atoms with van der Waals surface area (Å²) in [5.74, 6) is 2.31. The van der Waals surface area contributed by atoms with E-state index in [1.54, 1.807) is 26.8 Å². The van der Waals surface area contributed by atoms with E-state index in [4.69, 9.17) is 11.2 Å². The molecule has 2 rings (SSSR count). The highest BCUT2D eigenvalue weighted by Gasteiger charge is 2.44. The number of hydrogen-bond acceptors (Lipinski definition) is 2. The Kier molecular flexibility index (Phi) is 3.47. The third kappa shape index (κ3) is 3.11. The molecule has 20 heavy (non-hydrogen) atoms. The van der Waals surface area contributed by atoms with Gasteiger partial charge in [0.25, 0.3) is 0 Å². The van der Waals surface area contributed by atoms with Crippen LogP contribution >= 0.6 is 0 Å². The molecular weight excluding hydrogens is 257 g/mol. The van der Waals surface area contributed by atoms with Crippen LogP contribution in [-0.2, 0) is 10.2 Å². The summed E-state index contributed by atoms with van der Waals surface area (Å²) < 4.78 is 19.0. The van der Waals surface area contributed by atoms with Gasteiger partial charge in [-0.05, 0) is 51.8 Å². The van der Waals surface area contributed by atoms with E-state index in [-0.39, 0.29) is 5.82 Å².